The van der Waals surface area contributed by atoms with Gasteiger partial charge in [-0.05, 0) is 25.1 Å². The number of aryl methyl sites for hydroxylation is 1. The van der Waals surface area contributed by atoms with Crippen molar-refractivity contribution in [2.75, 3.05) is 44.8 Å². The predicted molar refractivity (Wildman–Crippen MR) is 94.8 cm³/mol. The average Bonchev–Trinajstić information content (AvgIpc) is 3.29. The second-order valence-electron chi connectivity index (χ2n) is 6.51. The number of ether oxygens (including phenoxy) is 2. The van der Waals surface area contributed by atoms with Gasteiger partial charge in [0.25, 0.3) is 5.91 Å². The molecule has 9 nitrogen and oxygen atoms in total. The van der Waals surface area contributed by atoms with Crippen molar-refractivity contribution in [3.63, 3.8) is 0 Å². The summed E-state index contributed by atoms with van der Waals surface area (Å²) in [4.78, 5) is 28.6. The third-order valence-corrected chi connectivity index (χ3v) is 4.54. The van der Waals surface area contributed by atoms with Crippen LogP contribution in [0.2, 0.25) is 0 Å². The lowest BCUT2D eigenvalue weighted by Crippen LogP contribution is -2.50. The highest BCUT2D eigenvalue weighted by molar-refractivity contribution is 5.95. The smallest absolute Gasteiger partial charge is 0.254 e. The zero-order valence-corrected chi connectivity index (χ0v) is 14.9. The minimum absolute atomic E-state index is 0.0459. The van der Waals surface area contributed by atoms with Gasteiger partial charge in [-0.2, -0.15) is 0 Å². The number of fused-ring (bicyclic) bond motifs is 1. The Morgan fingerprint density at radius 2 is 1.89 bits per heavy atom. The lowest BCUT2D eigenvalue weighted by atomic mass is 10.1. The molecule has 142 valence electrons. The van der Waals surface area contributed by atoms with Crippen molar-refractivity contribution in [2.24, 2.45) is 0 Å². The Morgan fingerprint density at radius 3 is 2.63 bits per heavy atom. The van der Waals surface area contributed by atoms with Crippen LogP contribution in [-0.4, -0.2) is 66.3 Å². The molecule has 0 spiro atoms. The van der Waals surface area contributed by atoms with Crippen molar-refractivity contribution < 1.29 is 23.6 Å². The van der Waals surface area contributed by atoms with Crippen LogP contribution < -0.4 is 14.8 Å². The second kappa shape index (κ2) is 7.28. The van der Waals surface area contributed by atoms with E-state index in [0.717, 1.165) is 0 Å². The molecule has 1 N–H and O–H groups in total. The largest absolute Gasteiger partial charge is 0.454 e. The summed E-state index contributed by atoms with van der Waals surface area (Å²) < 4.78 is 15.5. The summed E-state index contributed by atoms with van der Waals surface area (Å²) in [6.07, 6.45) is 0. The maximum atomic E-state index is 12.7. The van der Waals surface area contributed by atoms with E-state index in [2.05, 4.69) is 10.5 Å². The number of hydrogen-bond acceptors (Lipinski definition) is 7. The van der Waals surface area contributed by atoms with Crippen LogP contribution in [0.1, 0.15) is 16.1 Å². The molecule has 2 amide bonds. The molecule has 2 aliphatic heterocycles. The van der Waals surface area contributed by atoms with E-state index in [1.54, 1.807) is 36.1 Å². The molecule has 0 bridgehead atoms. The molecule has 1 aromatic heterocycles. The molecule has 9 heteroatoms. The van der Waals surface area contributed by atoms with Gasteiger partial charge >= 0.3 is 0 Å². The maximum Gasteiger partial charge on any atom is 0.254 e. The molecule has 2 aromatic rings. The van der Waals surface area contributed by atoms with Crippen molar-refractivity contribution >= 4 is 17.6 Å². The van der Waals surface area contributed by atoms with Gasteiger partial charge < -0.3 is 24.2 Å². The normalized spacial score (nSPS) is 16.4. The van der Waals surface area contributed by atoms with Crippen LogP contribution in [0.4, 0.5) is 5.82 Å². The molecule has 1 saturated heterocycles. The topological polar surface area (TPSA) is 97.1 Å². The number of hydrogen-bond donors (Lipinski definition) is 1. The minimum atomic E-state index is -0.154. The minimum Gasteiger partial charge on any atom is -0.454 e. The molecule has 0 aliphatic carbocycles. The first-order valence-corrected chi connectivity index (χ1v) is 8.73. The van der Waals surface area contributed by atoms with Gasteiger partial charge in [-0.3, -0.25) is 14.5 Å². The molecule has 0 saturated carbocycles. The van der Waals surface area contributed by atoms with Crippen molar-refractivity contribution in [3.05, 3.63) is 35.6 Å². The number of rotatable bonds is 4. The highest BCUT2D eigenvalue weighted by Crippen LogP contribution is 2.32. The van der Waals surface area contributed by atoms with Gasteiger partial charge in [0.15, 0.2) is 17.3 Å². The summed E-state index contributed by atoms with van der Waals surface area (Å²) in [5.74, 6) is 2.10. The second-order valence-corrected chi connectivity index (χ2v) is 6.51. The van der Waals surface area contributed by atoms with Gasteiger partial charge in [0, 0.05) is 37.8 Å². The molecule has 27 heavy (non-hydrogen) atoms. The Labute approximate surface area is 155 Å². The molecule has 0 atom stereocenters. The number of carbonyl (C=O) groups excluding carboxylic acids is 2. The fourth-order valence-electron chi connectivity index (χ4n) is 3.13. The van der Waals surface area contributed by atoms with E-state index in [1.165, 1.54) is 0 Å². The molecule has 4 rings (SSSR count). The molecule has 3 heterocycles. The van der Waals surface area contributed by atoms with E-state index in [-0.39, 0.29) is 25.2 Å². The van der Waals surface area contributed by atoms with Gasteiger partial charge in [0.1, 0.15) is 5.76 Å². The Bertz CT molecular complexity index is 857. The van der Waals surface area contributed by atoms with Crippen LogP contribution in [-0.2, 0) is 4.79 Å². The summed E-state index contributed by atoms with van der Waals surface area (Å²) in [6.45, 7) is 4.56. The standard InChI is InChI=1S/C18H20N4O5/c1-12-8-16(20-27-12)19-17(23)10-21-4-6-22(7-5-21)18(24)13-2-3-14-15(9-13)26-11-25-14/h2-3,8-9H,4-7,10-11H2,1H3,(H,19,20,23). The molecule has 0 radical (unpaired) electrons. The van der Waals surface area contributed by atoms with Gasteiger partial charge in [0.2, 0.25) is 12.7 Å². The Kier molecular flexibility index (Phi) is 4.68. The van der Waals surface area contributed by atoms with E-state index in [9.17, 15) is 9.59 Å². The summed E-state index contributed by atoms with van der Waals surface area (Å²) >= 11 is 0. The van der Waals surface area contributed by atoms with E-state index in [1.807, 2.05) is 4.90 Å². The molecular weight excluding hydrogens is 352 g/mol. The number of amides is 2. The average molecular weight is 372 g/mol. The molecule has 1 fully saturated rings. The number of nitrogens with one attached hydrogen (secondary N) is 1. The highest BCUT2D eigenvalue weighted by atomic mass is 16.7. The lowest BCUT2D eigenvalue weighted by Gasteiger charge is -2.34. The summed E-state index contributed by atoms with van der Waals surface area (Å²) in [5.41, 5.74) is 0.576. The van der Waals surface area contributed by atoms with E-state index < -0.39 is 0 Å². The fourth-order valence-corrected chi connectivity index (χ4v) is 3.13. The summed E-state index contributed by atoms with van der Waals surface area (Å²) in [7, 11) is 0. The quantitative estimate of drug-likeness (QED) is 0.858. The number of carbonyl (C=O) groups is 2. The number of anilines is 1. The first kappa shape index (κ1) is 17.3. The van der Waals surface area contributed by atoms with Crippen LogP contribution in [0.15, 0.2) is 28.8 Å². The van der Waals surface area contributed by atoms with Crippen molar-refractivity contribution in [1.82, 2.24) is 15.0 Å². The number of benzene rings is 1. The van der Waals surface area contributed by atoms with E-state index in [0.29, 0.717) is 54.8 Å². The van der Waals surface area contributed by atoms with Gasteiger partial charge in [-0.1, -0.05) is 5.16 Å². The predicted octanol–water partition coefficient (Wildman–Crippen LogP) is 1.11. The zero-order valence-electron chi connectivity index (χ0n) is 14.9. The van der Waals surface area contributed by atoms with Crippen LogP contribution in [0, 0.1) is 6.92 Å². The number of nitrogens with zero attached hydrogens (tertiary/aromatic N) is 3. The first-order valence-electron chi connectivity index (χ1n) is 8.73. The third kappa shape index (κ3) is 3.87. The fraction of sp³-hybridized carbons (Fsp3) is 0.389. The van der Waals surface area contributed by atoms with E-state index >= 15 is 0 Å². The van der Waals surface area contributed by atoms with E-state index in [4.69, 9.17) is 14.0 Å². The first-order chi connectivity index (χ1) is 13.1. The highest BCUT2D eigenvalue weighted by Gasteiger charge is 2.25. The number of piperazine rings is 1. The lowest BCUT2D eigenvalue weighted by molar-refractivity contribution is -0.117. The summed E-state index contributed by atoms with van der Waals surface area (Å²) in [6, 6.07) is 6.88. The molecule has 2 aliphatic rings. The van der Waals surface area contributed by atoms with Crippen molar-refractivity contribution in [2.45, 2.75) is 6.92 Å². The van der Waals surface area contributed by atoms with Gasteiger partial charge in [0.05, 0.1) is 6.54 Å². The van der Waals surface area contributed by atoms with Gasteiger partial charge in [-0.25, -0.2) is 0 Å². The van der Waals surface area contributed by atoms with Gasteiger partial charge in [-0.15, -0.1) is 0 Å². The Hall–Kier alpha value is -3.07. The Balaban J connectivity index is 1.28. The molecular formula is C18H20N4O5. The van der Waals surface area contributed by atoms with Crippen molar-refractivity contribution in [1.29, 1.82) is 0 Å². The third-order valence-electron chi connectivity index (χ3n) is 4.54. The molecule has 0 unspecified atom stereocenters. The SMILES string of the molecule is Cc1cc(NC(=O)CN2CCN(C(=O)c3ccc4c(c3)OCO4)CC2)no1. The van der Waals surface area contributed by atoms with Crippen LogP contribution in [0.3, 0.4) is 0 Å². The maximum absolute atomic E-state index is 12.7. The monoisotopic (exact) mass is 372 g/mol. The van der Waals surface area contributed by atoms with Crippen LogP contribution in [0.25, 0.3) is 0 Å². The van der Waals surface area contributed by atoms with Crippen molar-refractivity contribution in [3.8, 4) is 11.5 Å². The molecule has 1 aromatic carbocycles. The van der Waals surface area contributed by atoms with Crippen LogP contribution >= 0.6 is 0 Å². The summed E-state index contributed by atoms with van der Waals surface area (Å²) in [5, 5.41) is 6.45. The zero-order chi connectivity index (χ0) is 18.8. The Morgan fingerprint density at radius 1 is 1.11 bits per heavy atom. The number of aromatic nitrogens is 1. The van der Waals surface area contributed by atoms with Crippen LogP contribution in [0.5, 0.6) is 11.5 Å².